The molecule has 0 spiro atoms. The summed E-state index contributed by atoms with van der Waals surface area (Å²) in [6.07, 6.45) is 0.903. The Morgan fingerprint density at radius 3 is 2.62 bits per heavy atom. The zero-order chi connectivity index (χ0) is 18.5. The molecule has 0 atom stereocenters. The molecule has 1 aliphatic rings. The molecule has 3 rings (SSSR count). The number of ether oxygens (including phenoxy) is 3. The normalized spacial score (nSPS) is 12.4. The van der Waals surface area contributed by atoms with Crippen molar-refractivity contribution in [3.8, 4) is 11.5 Å². The third kappa shape index (κ3) is 4.14. The number of carbonyl (C=O) groups is 2. The second-order valence-corrected chi connectivity index (χ2v) is 6.05. The Hall–Kier alpha value is -3.02. The van der Waals surface area contributed by atoms with Gasteiger partial charge in [-0.25, -0.2) is 4.79 Å². The Bertz CT molecular complexity index is 831. The van der Waals surface area contributed by atoms with Gasteiger partial charge in [-0.05, 0) is 48.7 Å². The number of hydrogen-bond acceptors (Lipinski definition) is 5. The standard InChI is InChI=1S/C20H21NO5/c1-13-3-6-15(20(23)24-2)12-16(13)21-19(22)8-5-14-4-7-17-18(11-14)26-10-9-25-17/h3-4,6-7,11-12H,5,8-10H2,1-2H3,(H,21,22). The summed E-state index contributed by atoms with van der Waals surface area (Å²) in [5.41, 5.74) is 2.90. The molecule has 0 aliphatic carbocycles. The van der Waals surface area contributed by atoms with Crippen LogP contribution in [0.25, 0.3) is 0 Å². The molecule has 6 heteroatoms. The molecule has 0 saturated carbocycles. The summed E-state index contributed by atoms with van der Waals surface area (Å²) in [5.74, 6) is 0.900. The first-order chi connectivity index (χ1) is 12.6. The fourth-order valence-electron chi connectivity index (χ4n) is 2.72. The number of methoxy groups -OCH3 is 1. The zero-order valence-electron chi connectivity index (χ0n) is 14.8. The number of rotatable bonds is 5. The van der Waals surface area contributed by atoms with Crippen LogP contribution < -0.4 is 14.8 Å². The zero-order valence-corrected chi connectivity index (χ0v) is 14.8. The number of hydrogen-bond donors (Lipinski definition) is 1. The molecule has 0 bridgehead atoms. The lowest BCUT2D eigenvalue weighted by Crippen LogP contribution is -2.16. The highest BCUT2D eigenvalue weighted by atomic mass is 16.6. The molecule has 0 saturated heterocycles. The van der Waals surface area contributed by atoms with Crippen molar-refractivity contribution in [3.05, 3.63) is 53.1 Å². The average Bonchev–Trinajstić information content (AvgIpc) is 2.67. The molecular weight excluding hydrogens is 334 g/mol. The predicted molar refractivity (Wildman–Crippen MR) is 96.9 cm³/mol. The van der Waals surface area contributed by atoms with Gasteiger partial charge in [0.2, 0.25) is 5.91 Å². The monoisotopic (exact) mass is 355 g/mol. The Labute approximate surface area is 152 Å². The average molecular weight is 355 g/mol. The number of nitrogens with one attached hydrogen (secondary N) is 1. The Morgan fingerprint density at radius 2 is 1.85 bits per heavy atom. The predicted octanol–water partition coefficient (Wildman–Crippen LogP) is 3.12. The first kappa shape index (κ1) is 17.8. The van der Waals surface area contributed by atoms with E-state index in [0.29, 0.717) is 37.3 Å². The van der Waals surface area contributed by atoms with Crippen molar-refractivity contribution in [1.29, 1.82) is 0 Å². The number of amides is 1. The number of benzene rings is 2. The maximum absolute atomic E-state index is 12.3. The summed E-state index contributed by atoms with van der Waals surface area (Å²) < 4.78 is 15.8. The minimum atomic E-state index is -0.434. The maximum Gasteiger partial charge on any atom is 0.337 e. The molecule has 0 aromatic heterocycles. The van der Waals surface area contributed by atoms with Crippen molar-refractivity contribution in [2.45, 2.75) is 19.8 Å². The minimum Gasteiger partial charge on any atom is -0.486 e. The van der Waals surface area contributed by atoms with Crippen molar-refractivity contribution < 1.29 is 23.8 Å². The lowest BCUT2D eigenvalue weighted by molar-refractivity contribution is -0.116. The van der Waals surface area contributed by atoms with Crippen LogP contribution in [0.5, 0.6) is 11.5 Å². The van der Waals surface area contributed by atoms with Crippen LogP contribution in [0.4, 0.5) is 5.69 Å². The van der Waals surface area contributed by atoms with Crippen LogP contribution in [-0.4, -0.2) is 32.2 Å². The summed E-state index contributed by atoms with van der Waals surface area (Å²) >= 11 is 0. The number of carbonyl (C=O) groups excluding carboxylic acids is 2. The van der Waals surface area contributed by atoms with Gasteiger partial charge in [-0.2, -0.15) is 0 Å². The van der Waals surface area contributed by atoms with Gasteiger partial charge in [0.25, 0.3) is 0 Å². The van der Waals surface area contributed by atoms with Crippen LogP contribution in [0.1, 0.15) is 27.9 Å². The summed E-state index contributed by atoms with van der Waals surface area (Å²) in [6, 6.07) is 10.8. The van der Waals surface area contributed by atoms with E-state index >= 15 is 0 Å². The van der Waals surface area contributed by atoms with Gasteiger partial charge in [0.1, 0.15) is 13.2 Å². The molecule has 136 valence electrons. The van der Waals surface area contributed by atoms with E-state index in [1.165, 1.54) is 7.11 Å². The van der Waals surface area contributed by atoms with E-state index in [0.717, 1.165) is 22.6 Å². The van der Waals surface area contributed by atoms with Crippen LogP contribution in [0.2, 0.25) is 0 Å². The van der Waals surface area contributed by atoms with Crippen molar-refractivity contribution in [2.75, 3.05) is 25.6 Å². The van der Waals surface area contributed by atoms with Crippen molar-refractivity contribution in [1.82, 2.24) is 0 Å². The fourth-order valence-corrected chi connectivity index (χ4v) is 2.72. The lowest BCUT2D eigenvalue weighted by Gasteiger charge is -2.18. The maximum atomic E-state index is 12.3. The van der Waals surface area contributed by atoms with Crippen molar-refractivity contribution >= 4 is 17.6 Å². The van der Waals surface area contributed by atoms with E-state index in [-0.39, 0.29) is 5.91 Å². The molecule has 26 heavy (non-hydrogen) atoms. The summed E-state index contributed by atoms with van der Waals surface area (Å²) in [4.78, 5) is 23.9. The van der Waals surface area contributed by atoms with Crippen LogP contribution >= 0.6 is 0 Å². The third-order valence-corrected chi connectivity index (χ3v) is 4.18. The van der Waals surface area contributed by atoms with Crippen molar-refractivity contribution in [2.24, 2.45) is 0 Å². The molecule has 1 heterocycles. The second kappa shape index (κ2) is 7.91. The minimum absolute atomic E-state index is 0.120. The lowest BCUT2D eigenvalue weighted by atomic mass is 10.1. The van der Waals surface area contributed by atoms with Gasteiger partial charge in [0.15, 0.2) is 11.5 Å². The van der Waals surface area contributed by atoms with E-state index in [1.54, 1.807) is 18.2 Å². The van der Waals surface area contributed by atoms with Crippen molar-refractivity contribution in [3.63, 3.8) is 0 Å². The van der Waals surface area contributed by atoms with Gasteiger partial charge in [0, 0.05) is 12.1 Å². The van der Waals surface area contributed by atoms with E-state index in [1.807, 2.05) is 25.1 Å². The first-order valence-corrected chi connectivity index (χ1v) is 8.44. The van der Waals surface area contributed by atoms with Gasteiger partial charge in [-0.1, -0.05) is 12.1 Å². The second-order valence-electron chi connectivity index (χ2n) is 6.05. The Balaban J connectivity index is 1.62. The van der Waals surface area contributed by atoms with E-state index in [2.05, 4.69) is 5.32 Å². The molecular formula is C20H21NO5. The highest BCUT2D eigenvalue weighted by Crippen LogP contribution is 2.31. The molecule has 1 aliphatic heterocycles. The summed E-state index contributed by atoms with van der Waals surface area (Å²) in [7, 11) is 1.33. The summed E-state index contributed by atoms with van der Waals surface area (Å²) in [5, 5.41) is 2.86. The molecule has 2 aromatic rings. The largest absolute Gasteiger partial charge is 0.486 e. The highest BCUT2D eigenvalue weighted by Gasteiger charge is 2.13. The van der Waals surface area contributed by atoms with Gasteiger partial charge in [0.05, 0.1) is 12.7 Å². The van der Waals surface area contributed by atoms with Gasteiger partial charge in [-0.3, -0.25) is 4.79 Å². The van der Waals surface area contributed by atoms with Gasteiger partial charge >= 0.3 is 5.97 Å². The summed E-state index contributed by atoms with van der Waals surface area (Å²) in [6.45, 7) is 2.96. The SMILES string of the molecule is COC(=O)c1ccc(C)c(NC(=O)CCc2ccc3c(c2)OCCO3)c1. The molecule has 0 radical (unpaired) electrons. The molecule has 1 N–H and O–H groups in total. The third-order valence-electron chi connectivity index (χ3n) is 4.18. The fraction of sp³-hybridized carbons (Fsp3) is 0.300. The highest BCUT2D eigenvalue weighted by molar-refractivity contribution is 5.95. The smallest absolute Gasteiger partial charge is 0.337 e. The molecule has 2 aromatic carbocycles. The van der Waals surface area contributed by atoms with Crippen LogP contribution in [0.15, 0.2) is 36.4 Å². The van der Waals surface area contributed by atoms with E-state index in [4.69, 9.17) is 14.2 Å². The van der Waals surface area contributed by atoms with E-state index < -0.39 is 5.97 Å². The number of esters is 1. The molecule has 0 fully saturated rings. The quantitative estimate of drug-likeness (QED) is 0.834. The number of fused-ring (bicyclic) bond motifs is 1. The first-order valence-electron chi connectivity index (χ1n) is 8.44. The number of aryl methyl sites for hydroxylation is 2. The van der Waals surface area contributed by atoms with Gasteiger partial charge < -0.3 is 19.5 Å². The number of anilines is 1. The molecule has 0 unspecified atom stereocenters. The molecule has 6 nitrogen and oxygen atoms in total. The molecule has 1 amide bonds. The Morgan fingerprint density at radius 1 is 1.08 bits per heavy atom. The van der Waals surface area contributed by atoms with E-state index in [9.17, 15) is 9.59 Å². The van der Waals surface area contributed by atoms with Gasteiger partial charge in [-0.15, -0.1) is 0 Å². The van der Waals surface area contributed by atoms with Crippen LogP contribution in [0.3, 0.4) is 0 Å². The Kier molecular flexibility index (Phi) is 5.41. The van der Waals surface area contributed by atoms with Crippen LogP contribution in [0, 0.1) is 6.92 Å². The van der Waals surface area contributed by atoms with Crippen LogP contribution in [-0.2, 0) is 16.0 Å². The topological polar surface area (TPSA) is 73.9 Å².